The topological polar surface area (TPSA) is 6.48 Å². The molecule has 0 saturated carbocycles. The quantitative estimate of drug-likeness (QED) is 0.589. The van der Waals surface area contributed by atoms with Crippen LogP contribution in [0, 0.1) is 12.3 Å². The van der Waals surface area contributed by atoms with E-state index in [9.17, 15) is 0 Å². The Labute approximate surface area is 158 Å². The minimum atomic E-state index is 0.0381. The molecule has 2 aromatic carbocycles. The summed E-state index contributed by atoms with van der Waals surface area (Å²) in [6, 6.07) is 15.6. The van der Waals surface area contributed by atoms with Crippen LogP contribution in [-0.4, -0.2) is 11.7 Å². The Morgan fingerprint density at radius 2 is 1.42 bits per heavy atom. The number of anilines is 3. The molecule has 0 bridgehead atoms. The Bertz CT molecular complexity index is 876. The van der Waals surface area contributed by atoms with Gasteiger partial charge in [0.15, 0.2) is 0 Å². The van der Waals surface area contributed by atoms with Gasteiger partial charge in [-0.05, 0) is 61.8 Å². The van der Waals surface area contributed by atoms with Crippen LogP contribution in [0.1, 0.15) is 59.6 Å². The summed E-state index contributed by atoms with van der Waals surface area (Å²) in [6.07, 6.45) is 0.289. The van der Waals surface area contributed by atoms with Crippen molar-refractivity contribution in [3.05, 3.63) is 53.6 Å². The van der Waals surface area contributed by atoms with Crippen LogP contribution in [0.15, 0.2) is 42.5 Å². The number of para-hydroxylation sites is 2. The van der Waals surface area contributed by atoms with Gasteiger partial charge in [-0.3, -0.25) is 0 Å². The molecule has 1 atom stereocenters. The van der Waals surface area contributed by atoms with E-state index in [2.05, 4.69) is 108 Å². The summed E-state index contributed by atoms with van der Waals surface area (Å²) in [5, 5.41) is 0. The molecule has 2 aromatic rings. The molecule has 0 radical (unpaired) electrons. The summed E-state index contributed by atoms with van der Waals surface area (Å²) in [4.78, 5) is 5.21. The Hall–Kier alpha value is -1.96. The molecule has 0 N–H and O–H groups in total. The van der Waals surface area contributed by atoms with Crippen LogP contribution >= 0.6 is 0 Å². The summed E-state index contributed by atoms with van der Waals surface area (Å²) in [5.41, 5.74) is 7.15. The predicted molar refractivity (Wildman–Crippen MR) is 113 cm³/mol. The molecule has 0 spiro atoms. The molecule has 2 heterocycles. The average Bonchev–Trinajstić information content (AvgIpc) is 2.86. The number of hydrogen-bond donors (Lipinski definition) is 0. The third kappa shape index (κ3) is 1.83. The first kappa shape index (κ1) is 17.5. The molecule has 0 amide bonds. The van der Waals surface area contributed by atoms with Crippen LogP contribution in [0.5, 0.6) is 0 Å². The summed E-state index contributed by atoms with van der Waals surface area (Å²) in [7, 11) is 0. The largest absolute Gasteiger partial charge is 0.343 e. The minimum absolute atomic E-state index is 0.0381. The number of nitrogens with zero attached hydrogens (tertiary/aromatic N) is 2. The maximum Gasteiger partial charge on any atom is 0.104 e. The molecule has 2 heteroatoms. The molecule has 0 fully saturated rings. The highest BCUT2D eigenvalue weighted by molar-refractivity contribution is 5.89. The molecule has 0 unspecified atom stereocenters. The van der Waals surface area contributed by atoms with Crippen molar-refractivity contribution in [2.45, 2.75) is 72.5 Å². The molecule has 0 saturated heterocycles. The number of hydrogen-bond acceptors (Lipinski definition) is 2. The first-order valence-corrected chi connectivity index (χ1v) is 9.81. The Kier molecular flexibility index (Phi) is 3.40. The van der Waals surface area contributed by atoms with Gasteiger partial charge in [-0.1, -0.05) is 58.0 Å². The van der Waals surface area contributed by atoms with Crippen molar-refractivity contribution in [2.75, 3.05) is 9.80 Å². The van der Waals surface area contributed by atoms with Crippen molar-refractivity contribution in [3.8, 4) is 0 Å². The second kappa shape index (κ2) is 5.06. The molecule has 2 aliphatic heterocycles. The third-order valence-corrected chi connectivity index (χ3v) is 8.01. The van der Waals surface area contributed by atoms with E-state index >= 15 is 0 Å². The zero-order valence-corrected chi connectivity index (χ0v) is 17.5. The van der Waals surface area contributed by atoms with Crippen molar-refractivity contribution in [1.82, 2.24) is 0 Å². The molecule has 0 aromatic heterocycles. The predicted octanol–water partition coefficient (Wildman–Crippen LogP) is 6.40. The lowest BCUT2D eigenvalue weighted by atomic mass is 9.53. The zero-order chi connectivity index (χ0) is 19.1. The molecular formula is C24H32N2. The van der Waals surface area contributed by atoms with Crippen LogP contribution < -0.4 is 9.80 Å². The highest BCUT2D eigenvalue weighted by Gasteiger charge is 2.60. The molecule has 2 aliphatic rings. The standard InChI is InChI=1S/C24H32N2/c1-16-12-9-10-14-19(16)25-17(2)26-21-18(13-11-15-20(21)25)22(3,4)23(5,6)24(26,7)8/h9-15,17H,1-8H3/t17-/m1/s1. The fourth-order valence-corrected chi connectivity index (χ4v) is 5.30. The Morgan fingerprint density at radius 1 is 0.808 bits per heavy atom. The Morgan fingerprint density at radius 3 is 2.08 bits per heavy atom. The van der Waals surface area contributed by atoms with Gasteiger partial charge in [0, 0.05) is 11.2 Å². The summed E-state index contributed by atoms with van der Waals surface area (Å²) >= 11 is 0. The normalized spacial score (nSPS) is 24.5. The molecule has 0 aliphatic carbocycles. The van der Waals surface area contributed by atoms with Gasteiger partial charge in [0.1, 0.15) is 6.17 Å². The molecule has 138 valence electrons. The van der Waals surface area contributed by atoms with Crippen LogP contribution in [0.4, 0.5) is 17.1 Å². The fraction of sp³-hybridized carbons (Fsp3) is 0.500. The van der Waals surface area contributed by atoms with Gasteiger partial charge in [-0.2, -0.15) is 0 Å². The van der Waals surface area contributed by atoms with Gasteiger partial charge in [0.05, 0.1) is 11.4 Å². The Balaban J connectivity index is 2.04. The smallest absolute Gasteiger partial charge is 0.104 e. The van der Waals surface area contributed by atoms with E-state index in [1.165, 1.54) is 28.2 Å². The maximum absolute atomic E-state index is 2.68. The van der Waals surface area contributed by atoms with Crippen LogP contribution in [0.2, 0.25) is 0 Å². The van der Waals surface area contributed by atoms with E-state index in [4.69, 9.17) is 0 Å². The second-order valence-corrected chi connectivity index (χ2v) is 9.64. The van der Waals surface area contributed by atoms with Crippen molar-refractivity contribution in [2.24, 2.45) is 5.41 Å². The monoisotopic (exact) mass is 348 g/mol. The van der Waals surface area contributed by atoms with Crippen LogP contribution in [0.25, 0.3) is 0 Å². The number of rotatable bonds is 1. The fourth-order valence-electron chi connectivity index (χ4n) is 5.30. The summed E-state index contributed by atoms with van der Waals surface area (Å²) in [6.45, 7) is 19.1. The first-order valence-electron chi connectivity index (χ1n) is 9.81. The highest BCUT2D eigenvalue weighted by Crippen LogP contribution is 2.63. The van der Waals surface area contributed by atoms with Gasteiger partial charge in [-0.15, -0.1) is 0 Å². The first-order chi connectivity index (χ1) is 12.0. The van der Waals surface area contributed by atoms with E-state index < -0.39 is 0 Å². The van der Waals surface area contributed by atoms with Crippen molar-refractivity contribution < 1.29 is 0 Å². The van der Waals surface area contributed by atoms with E-state index in [1.54, 1.807) is 0 Å². The molecule has 2 nitrogen and oxygen atoms in total. The van der Waals surface area contributed by atoms with Crippen LogP contribution in [-0.2, 0) is 5.41 Å². The molecule has 4 rings (SSSR count). The van der Waals surface area contributed by atoms with Crippen molar-refractivity contribution >= 4 is 17.1 Å². The van der Waals surface area contributed by atoms with Gasteiger partial charge < -0.3 is 9.80 Å². The zero-order valence-electron chi connectivity index (χ0n) is 17.5. The second-order valence-electron chi connectivity index (χ2n) is 9.64. The number of benzene rings is 2. The SMILES string of the molecule is Cc1ccccc1N1c2cccc3c2N([C@@H]1C)C(C)(C)C(C)(C)C3(C)C. The summed E-state index contributed by atoms with van der Waals surface area (Å²) in [5.74, 6) is 0. The van der Waals surface area contributed by atoms with E-state index in [0.717, 1.165) is 0 Å². The van der Waals surface area contributed by atoms with E-state index in [-0.39, 0.29) is 22.5 Å². The van der Waals surface area contributed by atoms with Gasteiger partial charge in [-0.25, -0.2) is 0 Å². The highest BCUT2D eigenvalue weighted by atomic mass is 15.5. The third-order valence-electron chi connectivity index (χ3n) is 8.01. The van der Waals surface area contributed by atoms with Gasteiger partial charge in [0.25, 0.3) is 0 Å². The van der Waals surface area contributed by atoms with Crippen LogP contribution in [0.3, 0.4) is 0 Å². The summed E-state index contributed by atoms with van der Waals surface area (Å²) < 4.78 is 0. The van der Waals surface area contributed by atoms with Gasteiger partial charge >= 0.3 is 0 Å². The lowest BCUT2D eigenvalue weighted by molar-refractivity contribution is 0.0738. The lowest BCUT2D eigenvalue weighted by Crippen LogP contribution is -2.66. The molecule has 26 heavy (non-hydrogen) atoms. The molecular weight excluding hydrogens is 316 g/mol. The number of aryl methyl sites for hydroxylation is 1. The van der Waals surface area contributed by atoms with Crippen molar-refractivity contribution in [1.29, 1.82) is 0 Å². The maximum atomic E-state index is 2.68. The average molecular weight is 349 g/mol. The minimum Gasteiger partial charge on any atom is -0.343 e. The van der Waals surface area contributed by atoms with Crippen molar-refractivity contribution in [3.63, 3.8) is 0 Å². The van der Waals surface area contributed by atoms with Gasteiger partial charge in [0.2, 0.25) is 0 Å². The lowest BCUT2D eigenvalue weighted by Gasteiger charge is -2.62. The van der Waals surface area contributed by atoms with E-state index in [0.29, 0.717) is 0 Å². The van der Waals surface area contributed by atoms with E-state index in [1.807, 2.05) is 0 Å².